The van der Waals surface area contributed by atoms with Gasteiger partial charge in [0.25, 0.3) is 5.91 Å². The topological polar surface area (TPSA) is 70.4 Å². The van der Waals surface area contributed by atoms with Gasteiger partial charge in [0, 0.05) is 24.9 Å². The predicted molar refractivity (Wildman–Crippen MR) is 111 cm³/mol. The number of benzene rings is 2. The first-order chi connectivity index (χ1) is 14.2. The molecule has 0 radical (unpaired) electrons. The van der Waals surface area contributed by atoms with Gasteiger partial charge in [0.1, 0.15) is 0 Å². The van der Waals surface area contributed by atoms with Crippen LogP contribution in [0.2, 0.25) is 0 Å². The highest BCUT2D eigenvalue weighted by molar-refractivity contribution is 5.90. The van der Waals surface area contributed by atoms with Gasteiger partial charge >= 0.3 is 0 Å². The average molecular weight is 388 g/mol. The highest BCUT2D eigenvalue weighted by atomic mass is 16.5. The third-order valence-corrected chi connectivity index (χ3v) is 5.31. The van der Waals surface area contributed by atoms with Crippen molar-refractivity contribution in [1.82, 2.24) is 20.2 Å². The molecule has 1 saturated heterocycles. The van der Waals surface area contributed by atoms with Gasteiger partial charge in [0.15, 0.2) is 0 Å². The summed E-state index contributed by atoms with van der Waals surface area (Å²) in [4.78, 5) is 13.6. The fraction of sp³-hybridized carbons (Fsp3) is 0.217. The van der Waals surface area contributed by atoms with E-state index in [-0.39, 0.29) is 0 Å². The third-order valence-electron chi connectivity index (χ3n) is 5.31. The Hall–Kier alpha value is -3.22. The van der Waals surface area contributed by atoms with Crippen LogP contribution in [0.1, 0.15) is 35.7 Å². The number of nitrogens with one attached hydrogen (secondary N) is 1. The predicted octanol–water partition coefficient (Wildman–Crippen LogP) is 3.73. The van der Waals surface area contributed by atoms with Crippen LogP contribution >= 0.6 is 0 Å². The van der Waals surface area contributed by atoms with E-state index in [1.165, 1.54) is 23.8 Å². The van der Waals surface area contributed by atoms with Crippen LogP contribution in [-0.2, 0) is 11.3 Å². The number of carbonyl (C=O) groups excluding carboxylic acids is 1. The molecular weight excluding hydrogens is 364 g/mol. The highest BCUT2D eigenvalue weighted by Gasteiger charge is 2.26. The number of hydrogen-bond donors (Lipinski definition) is 2. The summed E-state index contributed by atoms with van der Waals surface area (Å²) in [6, 6.07) is 20.9. The van der Waals surface area contributed by atoms with Crippen LogP contribution in [-0.4, -0.2) is 32.3 Å². The normalized spacial score (nSPS) is 17.1. The molecule has 2 aromatic carbocycles. The summed E-state index contributed by atoms with van der Waals surface area (Å²) < 4.78 is 2.01. The molecule has 6 nitrogen and oxygen atoms in total. The average Bonchev–Trinajstić information content (AvgIpc) is 3.43. The van der Waals surface area contributed by atoms with E-state index in [1.54, 1.807) is 11.6 Å². The molecule has 1 aliphatic heterocycles. The maximum atomic E-state index is 11.1. The van der Waals surface area contributed by atoms with Gasteiger partial charge in [-0.2, -0.15) is 5.10 Å². The lowest BCUT2D eigenvalue weighted by Crippen LogP contribution is -2.24. The molecule has 0 unspecified atom stereocenters. The van der Waals surface area contributed by atoms with Gasteiger partial charge in [-0.25, -0.2) is 10.2 Å². The first-order valence-corrected chi connectivity index (χ1v) is 9.79. The van der Waals surface area contributed by atoms with E-state index in [0.29, 0.717) is 6.04 Å². The van der Waals surface area contributed by atoms with E-state index in [9.17, 15) is 4.79 Å². The number of carbonyl (C=O) groups is 1. The van der Waals surface area contributed by atoms with Crippen LogP contribution in [0.5, 0.6) is 0 Å². The Labute approximate surface area is 170 Å². The smallest absolute Gasteiger partial charge is 0.267 e. The van der Waals surface area contributed by atoms with Crippen molar-refractivity contribution in [2.24, 2.45) is 0 Å². The van der Waals surface area contributed by atoms with Gasteiger partial charge < -0.3 is 0 Å². The quantitative estimate of drug-likeness (QED) is 0.384. The van der Waals surface area contributed by atoms with Gasteiger partial charge in [-0.15, -0.1) is 0 Å². The fourth-order valence-electron chi connectivity index (χ4n) is 3.89. The highest BCUT2D eigenvalue weighted by Crippen LogP contribution is 2.33. The van der Waals surface area contributed by atoms with E-state index in [0.717, 1.165) is 30.8 Å². The molecule has 1 atom stereocenters. The molecule has 4 rings (SSSR count). The minimum Gasteiger partial charge on any atom is -0.291 e. The lowest BCUT2D eigenvalue weighted by atomic mass is 10.0. The standard InChI is InChI=1S/C23H24N4O2/c28-23(25-29)13-10-18-8-11-19(12-9-18)22-7-4-16-26(22)17-21-14-15-24-27(21)20-5-2-1-3-6-20/h1-3,5-6,8-15,22,29H,4,7,16-17H2,(H,25,28)/t22-/m0/s1. The maximum absolute atomic E-state index is 11.1. The van der Waals surface area contributed by atoms with Gasteiger partial charge in [0.2, 0.25) is 0 Å². The second kappa shape index (κ2) is 8.86. The molecule has 0 bridgehead atoms. The zero-order valence-corrected chi connectivity index (χ0v) is 16.1. The number of likely N-dealkylation sites (tertiary alicyclic amines) is 1. The monoisotopic (exact) mass is 388 g/mol. The maximum Gasteiger partial charge on any atom is 0.267 e. The summed E-state index contributed by atoms with van der Waals surface area (Å²) in [5.41, 5.74) is 6.04. The molecule has 1 fully saturated rings. The van der Waals surface area contributed by atoms with Crippen molar-refractivity contribution >= 4 is 12.0 Å². The van der Waals surface area contributed by atoms with Crippen molar-refractivity contribution in [3.8, 4) is 5.69 Å². The van der Waals surface area contributed by atoms with Crippen molar-refractivity contribution in [2.45, 2.75) is 25.4 Å². The van der Waals surface area contributed by atoms with Gasteiger partial charge in [-0.3, -0.25) is 14.9 Å². The first kappa shape index (κ1) is 19.1. The van der Waals surface area contributed by atoms with E-state index in [1.807, 2.05) is 41.2 Å². The van der Waals surface area contributed by atoms with Crippen LogP contribution < -0.4 is 5.48 Å². The van der Waals surface area contributed by atoms with Crippen molar-refractivity contribution < 1.29 is 10.0 Å². The van der Waals surface area contributed by atoms with Crippen LogP contribution in [0.4, 0.5) is 0 Å². The summed E-state index contributed by atoms with van der Waals surface area (Å²) in [5, 5.41) is 13.1. The summed E-state index contributed by atoms with van der Waals surface area (Å²) in [7, 11) is 0. The molecule has 0 aliphatic carbocycles. The van der Waals surface area contributed by atoms with Gasteiger partial charge in [-0.1, -0.05) is 42.5 Å². The summed E-state index contributed by atoms with van der Waals surface area (Å²) >= 11 is 0. The Morgan fingerprint density at radius 1 is 1.14 bits per heavy atom. The number of rotatable bonds is 6. The zero-order valence-electron chi connectivity index (χ0n) is 16.1. The molecule has 148 valence electrons. The van der Waals surface area contributed by atoms with Crippen molar-refractivity contribution in [3.63, 3.8) is 0 Å². The molecule has 1 aromatic heterocycles. The molecule has 3 aromatic rings. The summed E-state index contributed by atoms with van der Waals surface area (Å²) in [6.07, 6.45) is 7.14. The summed E-state index contributed by atoms with van der Waals surface area (Å²) in [5.74, 6) is -0.536. The van der Waals surface area contributed by atoms with Crippen molar-refractivity contribution in [2.75, 3.05) is 6.54 Å². The molecule has 2 N–H and O–H groups in total. The number of nitrogens with zero attached hydrogens (tertiary/aromatic N) is 3. The van der Waals surface area contributed by atoms with E-state index in [4.69, 9.17) is 5.21 Å². The number of hydroxylamine groups is 1. The number of aromatic nitrogens is 2. The SMILES string of the molecule is O=C(C=Cc1ccc([C@@H]2CCCN2Cc2ccnn2-c2ccccc2)cc1)NO. The van der Waals surface area contributed by atoms with E-state index < -0.39 is 5.91 Å². The fourth-order valence-corrected chi connectivity index (χ4v) is 3.89. The van der Waals surface area contributed by atoms with E-state index in [2.05, 4.69) is 40.3 Å². The molecule has 1 aliphatic rings. The van der Waals surface area contributed by atoms with E-state index >= 15 is 0 Å². The van der Waals surface area contributed by atoms with Crippen molar-refractivity contribution in [1.29, 1.82) is 0 Å². The number of amides is 1. The van der Waals surface area contributed by atoms with Crippen LogP contribution in [0.15, 0.2) is 72.9 Å². The first-order valence-electron chi connectivity index (χ1n) is 9.79. The Kier molecular flexibility index (Phi) is 5.84. The molecule has 1 amide bonds. The number of hydrogen-bond acceptors (Lipinski definition) is 4. The minimum atomic E-state index is -0.536. The second-order valence-electron chi connectivity index (χ2n) is 7.17. The largest absolute Gasteiger partial charge is 0.291 e. The molecule has 0 spiro atoms. The molecular formula is C23H24N4O2. The molecule has 29 heavy (non-hydrogen) atoms. The molecule has 0 saturated carbocycles. The lowest BCUT2D eigenvalue weighted by molar-refractivity contribution is -0.124. The zero-order chi connectivity index (χ0) is 20.1. The van der Waals surface area contributed by atoms with Crippen LogP contribution in [0.25, 0.3) is 11.8 Å². The Balaban J connectivity index is 1.49. The van der Waals surface area contributed by atoms with Crippen LogP contribution in [0, 0.1) is 0 Å². The Morgan fingerprint density at radius 3 is 2.69 bits per heavy atom. The second-order valence-corrected chi connectivity index (χ2v) is 7.17. The number of para-hydroxylation sites is 1. The molecule has 6 heteroatoms. The van der Waals surface area contributed by atoms with Gasteiger partial charge in [-0.05, 0) is 54.8 Å². The Bertz CT molecular complexity index is 980. The van der Waals surface area contributed by atoms with Crippen molar-refractivity contribution in [3.05, 3.63) is 89.8 Å². The minimum absolute atomic E-state index is 0.368. The Morgan fingerprint density at radius 2 is 1.93 bits per heavy atom. The lowest BCUT2D eigenvalue weighted by Gasteiger charge is -2.25. The third kappa shape index (κ3) is 4.45. The molecule has 2 heterocycles. The van der Waals surface area contributed by atoms with Crippen LogP contribution in [0.3, 0.4) is 0 Å². The summed E-state index contributed by atoms with van der Waals surface area (Å²) in [6.45, 7) is 1.90. The van der Waals surface area contributed by atoms with Gasteiger partial charge in [0.05, 0.1) is 11.4 Å².